The molecule has 1 aliphatic heterocycles. The first kappa shape index (κ1) is 56.9. The minimum Gasteiger partial charge on any atom is -0.394 e. The zero-order chi connectivity index (χ0) is 43.9. The molecule has 0 aromatic heterocycles. The molecule has 7 N–H and O–H groups in total. The quantitative estimate of drug-likeness (QED) is 0.0233. The summed E-state index contributed by atoms with van der Waals surface area (Å²) in [6, 6.07) is -0.894. The van der Waals surface area contributed by atoms with E-state index in [9.17, 15) is 35.4 Å². The molecule has 8 atom stereocenters. The number of hydrogen-bond donors (Lipinski definition) is 7. The maximum Gasteiger partial charge on any atom is 0.249 e. The molecule has 8 unspecified atom stereocenters. The molecule has 1 aliphatic rings. The number of nitrogens with one attached hydrogen (secondary N) is 1. The van der Waals surface area contributed by atoms with Crippen LogP contribution in [0.15, 0.2) is 12.2 Å². The highest BCUT2D eigenvalue weighted by Crippen LogP contribution is 2.23. The fourth-order valence-corrected chi connectivity index (χ4v) is 8.28. The highest BCUT2D eigenvalue weighted by atomic mass is 16.7. The Labute approximate surface area is 368 Å². The van der Waals surface area contributed by atoms with Crippen LogP contribution in [-0.2, 0) is 14.3 Å². The molecule has 0 saturated carbocycles. The van der Waals surface area contributed by atoms with Crippen molar-refractivity contribution >= 4 is 5.91 Å². The van der Waals surface area contributed by atoms with E-state index in [-0.39, 0.29) is 6.61 Å². The summed E-state index contributed by atoms with van der Waals surface area (Å²) in [6.45, 7) is 3.69. The minimum atomic E-state index is -1.60. The van der Waals surface area contributed by atoms with E-state index < -0.39 is 61.5 Å². The van der Waals surface area contributed by atoms with Gasteiger partial charge in [0.25, 0.3) is 0 Å². The average molecular weight is 856 g/mol. The lowest BCUT2D eigenvalue weighted by atomic mass is 9.99. The number of amides is 1. The Morgan fingerprint density at radius 2 is 0.933 bits per heavy atom. The van der Waals surface area contributed by atoms with Gasteiger partial charge in [-0.3, -0.25) is 4.79 Å². The molecule has 0 aromatic carbocycles. The fraction of sp³-hybridized carbons (Fsp3) is 0.940. The topological polar surface area (TPSA) is 169 Å². The Bertz CT molecular complexity index is 968. The zero-order valence-electron chi connectivity index (χ0n) is 38.8. The molecule has 356 valence electrons. The second kappa shape index (κ2) is 40.7. The predicted octanol–water partition coefficient (Wildman–Crippen LogP) is 10.3. The Morgan fingerprint density at radius 3 is 1.35 bits per heavy atom. The van der Waals surface area contributed by atoms with E-state index in [0.717, 1.165) is 57.8 Å². The second-order valence-electron chi connectivity index (χ2n) is 18.1. The van der Waals surface area contributed by atoms with Crippen molar-refractivity contribution < 1.29 is 44.9 Å². The third-order valence-corrected chi connectivity index (χ3v) is 12.5. The van der Waals surface area contributed by atoms with Gasteiger partial charge in [0.1, 0.15) is 30.5 Å². The standard InChI is InChI=1S/C50H97NO9/c1-3-5-7-9-11-13-15-17-19-21-22-23-25-27-29-31-33-35-37-39-44(54)49(58)51-42(41-59-50-48(57)47(56)46(55)45(40-52)60-50)43(53)38-36-34-32-30-28-26-24-20-18-16-14-12-10-8-6-4-2/h22-23,42-48,50,52-57H,3-21,24-41H2,1-2H3,(H,51,58)/b23-22-. The van der Waals surface area contributed by atoms with Crippen LogP contribution in [0, 0.1) is 0 Å². The van der Waals surface area contributed by atoms with Crippen LogP contribution in [-0.4, -0.2) is 98.7 Å². The van der Waals surface area contributed by atoms with E-state index >= 15 is 0 Å². The maximum atomic E-state index is 13.1. The number of rotatable bonds is 43. The normalized spacial score (nSPS) is 21.1. The predicted molar refractivity (Wildman–Crippen MR) is 246 cm³/mol. The summed E-state index contributed by atoms with van der Waals surface area (Å²) in [5.74, 6) is -0.586. The number of allylic oxidation sites excluding steroid dienone is 2. The third kappa shape index (κ3) is 30.1. The summed E-state index contributed by atoms with van der Waals surface area (Å²) >= 11 is 0. The van der Waals surface area contributed by atoms with Gasteiger partial charge in [-0.1, -0.05) is 212 Å². The highest BCUT2D eigenvalue weighted by molar-refractivity contribution is 5.80. The van der Waals surface area contributed by atoms with Crippen LogP contribution in [0.1, 0.15) is 239 Å². The van der Waals surface area contributed by atoms with Crippen LogP contribution in [0.3, 0.4) is 0 Å². The van der Waals surface area contributed by atoms with E-state index in [1.165, 1.54) is 154 Å². The van der Waals surface area contributed by atoms with Crippen molar-refractivity contribution in [2.45, 2.75) is 288 Å². The van der Waals surface area contributed by atoms with Crippen LogP contribution in [0.5, 0.6) is 0 Å². The number of unbranched alkanes of at least 4 members (excludes halogenated alkanes) is 30. The van der Waals surface area contributed by atoms with Crippen molar-refractivity contribution in [1.29, 1.82) is 0 Å². The number of aliphatic hydroxyl groups excluding tert-OH is 6. The van der Waals surface area contributed by atoms with Crippen molar-refractivity contribution in [2.75, 3.05) is 13.2 Å². The van der Waals surface area contributed by atoms with Gasteiger partial charge in [-0.05, 0) is 38.5 Å². The first-order valence-electron chi connectivity index (χ1n) is 25.5. The number of carbonyl (C=O) groups excluding carboxylic acids is 1. The van der Waals surface area contributed by atoms with Gasteiger partial charge < -0.3 is 45.4 Å². The monoisotopic (exact) mass is 856 g/mol. The van der Waals surface area contributed by atoms with Gasteiger partial charge in [-0.2, -0.15) is 0 Å². The summed E-state index contributed by atoms with van der Waals surface area (Å²) in [4.78, 5) is 13.1. The Hall–Kier alpha value is -1.11. The van der Waals surface area contributed by atoms with E-state index in [1.54, 1.807) is 0 Å². The molecular weight excluding hydrogens is 759 g/mol. The van der Waals surface area contributed by atoms with Gasteiger partial charge >= 0.3 is 0 Å². The first-order valence-corrected chi connectivity index (χ1v) is 25.5. The fourth-order valence-electron chi connectivity index (χ4n) is 8.28. The summed E-state index contributed by atoms with van der Waals surface area (Å²) < 4.78 is 11.2. The molecule has 1 rings (SSSR count). The van der Waals surface area contributed by atoms with Gasteiger partial charge in [-0.15, -0.1) is 0 Å². The maximum absolute atomic E-state index is 13.1. The van der Waals surface area contributed by atoms with Crippen LogP contribution in [0.4, 0.5) is 0 Å². The molecule has 0 radical (unpaired) electrons. The van der Waals surface area contributed by atoms with Crippen molar-refractivity contribution in [2.24, 2.45) is 0 Å². The third-order valence-electron chi connectivity index (χ3n) is 12.5. The molecule has 0 spiro atoms. The number of carbonyl (C=O) groups is 1. The highest BCUT2D eigenvalue weighted by Gasteiger charge is 2.44. The average Bonchev–Trinajstić information content (AvgIpc) is 3.25. The van der Waals surface area contributed by atoms with Crippen molar-refractivity contribution in [3.63, 3.8) is 0 Å². The van der Waals surface area contributed by atoms with Crippen molar-refractivity contribution in [3.8, 4) is 0 Å². The Balaban J connectivity index is 2.33. The van der Waals surface area contributed by atoms with Gasteiger partial charge in [-0.25, -0.2) is 0 Å². The van der Waals surface area contributed by atoms with E-state index in [4.69, 9.17) is 9.47 Å². The number of hydrogen-bond acceptors (Lipinski definition) is 9. The molecule has 10 heteroatoms. The van der Waals surface area contributed by atoms with Gasteiger partial charge in [0, 0.05) is 0 Å². The van der Waals surface area contributed by atoms with E-state index in [0.29, 0.717) is 12.8 Å². The number of aliphatic hydroxyl groups is 6. The van der Waals surface area contributed by atoms with E-state index in [1.807, 2.05) is 0 Å². The van der Waals surface area contributed by atoms with Crippen LogP contribution in [0.25, 0.3) is 0 Å². The largest absolute Gasteiger partial charge is 0.394 e. The molecule has 0 aliphatic carbocycles. The molecule has 1 heterocycles. The molecule has 0 bridgehead atoms. The van der Waals surface area contributed by atoms with Crippen LogP contribution < -0.4 is 5.32 Å². The van der Waals surface area contributed by atoms with Gasteiger partial charge in [0.2, 0.25) is 5.91 Å². The van der Waals surface area contributed by atoms with E-state index in [2.05, 4.69) is 31.3 Å². The summed E-state index contributed by atoms with van der Waals surface area (Å²) in [6.07, 6.45) is 36.8. The van der Waals surface area contributed by atoms with Crippen LogP contribution >= 0.6 is 0 Å². The van der Waals surface area contributed by atoms with Crippen molar-refractivity contribution in [1.82, 2.24) is 5.32 Å². The smallest absolute Gasteiger partial charge is 0.249 e. The zero-order valence-corrected chi connectivity index (χ0v) is 38.8. The molecule has 60 heavy (non-hydrogen) atoms. The molecule has 1 fully saturated rings. The van der Waals surface area contributed by atoms with Crippen LogP contribution in [0.2, 0.25) is 0 Å². The SMILES string of the molecule is CCCCCCCCCCC/C=C\CCCCCCCCC(O)C(=O)NC(COC1OC(CO)C(O)C(O)C1O)C(O)CCCCCCCCCCCCCCCCCC. The summed E-state index contributed by atoms with van der Waals surface area (Å²) in [7, 11) is 0. The second-order valence-corrected chi connectivity index (χ2v) is 18.1. The Kier molecular flexibility index (Phi) is 38.6. The van der Waals surface area contributed by atoms with Crippen molar-refractivity contribution in [3.05, 3.63) is 12.2 Å². The molecule has 10 nitrogen and oxygen atoms in total. The first-order chi connectivity index (χ1) is 29.3. The molecule has 1 saturated heterocycles. The lowest BCUT2D eigenvalue weighted by Gasteiger charge is -2.40. The van der Waals surface area contributed by atoms with Gasteiger partial charge in [0.05, 0.1) is 25.4 Å². The van der Waals surface area contributed by atoms with Gasteiger partial charge in [0.15, 0.2) is 6.29 Å². The lowest BCUT2D eigenvalue weighted by molar-refractivity contribution is -0.302. The lowest BCUT2D eigenvalue weighted by Crippen LogP contribution is -2.60. The molecule has 1 amide bonds. The summed E-state index contributed by atoms with van der Waals surface area (Å²) in [5.41, 5.74) is 0. The number of ether oxygens (including phenoxy) is 2. The summed E-state index contributed by atoms with van der Waals surface area (Å²) in [5, 5.41) is 65.0. The Morgan fingerprint density at radius 1 is 0.550 bits per heavy atom. The molecular formula is C50H97NO9. The molecule has 0 aromatic rings. The minimum absolute atomic E-state index is 0.254.